The first-order valence-corrected chi connectivity index (χ1v) is 8.87. The van der Waals surface area contributed by atoms with Gasteiger partial charge in [-0.05, 0) is 46.8 Å². The van der Waals surface area contributed by atoms with Gasteiger partial charge in [-0.3, -0.25) is 4.90 Å². The lowest BCUT2D eigenvalue weighted by molar-refractivity contribution is 0.0112. The first-order chi connectivity index (χ1) is 10.7. The zero-order chi connectivity index (χ0) is 15.2. The molecule has 1 N–H and O–H groups in total. The van der Waals surface area contributed by atoms with Crippen LogP contribution in [-0.2, 0) is 6.54 Å². The zero-order valence-corrected chi connectivity index (χ0v) is 13.9. The van der Waals surface area contributed by atoms with E-state index in [1.807, 2.05) is 0 Å². The highest BCUT2D eigenvalue weighted by Crippen LogP contribution is 2.61. The minimum Gasteiger partial charge on any atom is -0.314 e. The van der Waals surface area contributed by atoms with Gasteiger partial charge in [-0.15, -0.1) is 0 Å². The van der Waals surface area contributed by atoms with E-state index in [2.05, 4.69) is 54.4 Å². The van der Waals surface area contributed by atoms with Crippen LogP contribution in [0.5, 0.6) is 0 Å². The fourth-order valence-electron chi connectivity index (χ4n) is 4.70. The van der Waals surface area contributed by atoms with Crippen molar-refractivity contribution < 1.29 is 0 Å². The van der Waals surface area contributed by atoms with Gasteiger partial charge in [-0.25, -0.2) is 0 Å². The third-order valence-corrected chi connectivity index (χ3v) is 6.40. The van der Waals surface area contributed by atoms with E-state index >= 15 is 0 Å². The van der Waals surface area contributed by atoms with Gasteiger partial charge in [0.25, 0.3) is 0 Å². The lowest BCUT2D eigenvalue weighted by atomic mass is 9.48. The highest BCUT2D eigenvalue weighted by molar-refractivity contribution is 5.73. The van der Waals surface area contributed by atoms with Gasteiger partial charge in [0.05, 0.1) is 0 Å². The van der Waals surface area contributed by atoms with Crippen molar-refractivity contribution >= 4 is 5.57 Å². The molecule has 0 unspecified atom stereocenters. The molecule has 22 heavy (non-hydrogen) atoms. The molecule has 0 amide bonds. The Kier molecular flexibility index (Phi) is 3.62. The van der Waals surface area contributed by atoms with Crippen LogP contribution in [0.15, 0.2) is 30.3 Å². The molecule has 2 nitrogen and oxygen atoms in total. The molecule has 2 heteroatoms. The van der Waals surface area contributed by atoms with Crippen molar-refractivity contribution in [3.05, 3.63) is 41.5 Å². The first-order valence-electron chi connectivity index (χ1n) is 8.87. The molecular weight excluding hydrogens is 268 g/mol. The zero-order valence-electron chi connectivity index (χ0n) is 13.9. The summed E-state index contributed by atoms with van der Waals surface area (Å²) in [6, 6.07) is 9.13. The highest BCUT2D eigenvalue weighted by atomic mass is 15.2. The third kappa shape index (κ3) is 2.33. The van der Waals surface area contributed by atoms with Gasteiger partial charge in [0.2, 0.25) is 0 Å². The summed E-state index contributed by atoms with van der Waals surface area (Å²) >= 11 is 0. The highest BCUT2D eigenvalue weighted by Gasteiger charge is 2.51. The quantitative estimate of drug-likeness (QED) is 0.918. The molecule has 2 atom stereocenters. The molecule has 1 saturated carbocycles. The summed E-state index contributed by atoms with van der Waals surface area (Å²) in [6.07, 6.45) is 5.22. The van der Waals surface area contributed by atoms with Crippen molar-refractivity contribution in [3.8, 4) is 0 Å². The number of hydrogen-bond donors (Lipinski definition) is 1. The maximum atomic E-state index is 3.45. The number of benzene rings is 1. The fraction of sp³-hybridized carbons (Fsp3) is 0.600. The van der Waals surface area contributed by atoms with Gasteiger partial charge in [0, 0.05) is 32.7 Å². The minimum atomic E-state index is 0.506. The molecule has 5 rings (SSSR count). The molecule has 1 aliphatic heterocycles. The summed E-state index contributed by atoms with van der Waals surface area (Å²) in [4.78, 5) is 2.59. The predicted octanol–water partition coefficient (Wildman–Crippen LogP) is 3.54. The van der Waals surface area contributed by atoms with Crippen molar-refractivity contribution in [2.24, 2.45) is 17.3 Å². The van der Waals surface area contributed by atoms with E-state index in [1.54, 1.807) is 5.57 Å². The largest absolute Gasteiger partial charge is 0.314 e. The lowest BCUT2D eigenvalue weighted by Gasteiger charge is -2.56. The van der Waals surface area contributed by atoms with Crippen LogP contribution in [0, 0.1) is 17.3 Å². The molecule has 0 aromatic heterocycles. The number of rotatable bonds is 3. The van der Waals surface area contributed by atoms with Crippen molar-refractivity contribution in [2.75, 3.05) is 26.2 Å². The lowest BCUT2D eigenvalue weighted by Crippen LogP contribution is -2.47. The molecule has 0 spiro atoms. The number of nitrogens with one attached hydrogen (secondary N) is 1. The Balaban J connectivity index is 1.61. The van der Waals surface area contributed by atoms with E-state index in [1.165, 1.54) is 37.1 Å². The summed E-state index contributed by atoms with van der Waals surface area (Å²) in [5.74, 6) is 1.69. The molecular formula is C20H28N2. The van der Waals surface area contributed by atoms with E-state index in [0.29, 0.717) is 5.41 Å². The van der Waals surface area contributed by atoms with Gasteiger partial charge in [-0.2, -0.15) is 0 Å². The van der Waals surface area contributed by atoms with Crippen LogP contribution < -0.4 is 5.32 Å². The van der Waals surface area contributed by atoms with Crippen molar-refractivity contribution in [2.45, 2.75) is 33.2 Å². The molecule has 118 valence electrons. The number of nitrogens with zero attached hydrogens (tertiary/aromatic N) is 1. The monoisotopic (exact) mass is 296 g/mol. The van der Waals surface area contributed by atoms with Gasteiger partial charge >= 0.3 is 0 Å². The maximum absolute atomic E-state index is 3.45. The summed E-state index contributed by atoms with van der Waals surface area (Å²) in [5.41, 5.74) is 5.19. The standard InChI is InChI=1S/C20H28N2/c1-20(2)16-7-8-18(19(20)13-16)17-6-4-3-5-15(17)14-22-11-9-21-10-12-22/h3-6,8,16,19,21H,7,9-14H2,1-2H3/t16-,19-/m0/s1. The van der Waals surface area contributed by atoms with Crippen LogP contribution in [0.3, 0.4) is 0 Å². The molecule has 1 aromatic carbocycles. The second-order valence-electron chi connectivity index (χ2n) is 7.89. The van der Waals surface area contributed by atoms with Gasteiger partial charge in [0.15, 0.2) is 0 Å². The number of hydrogen-bond acceptors (Lipinski definition) is 2. The first kappa shape index (κ1) is 14.5. The van der Waals surface area contributed by atoms with Crippen molar-refractivity contribution in [1.29, 1.82) is 0 Å². The Morgan fingerprint density at radius 3 is 2.68 bits per heavy atom. The predicted molar refractivity (Wildman–Crippen MR) is 92.6 cm³/mol. The molecule has 1 heterocycles. The van der Waals surface area contributed by atoms with Crippen LogP contribution >= 0.6 is 0 Å². The molecule has 4 aliphatic rings. The molecule has 1 aromatic rings. The maximum Gasteiger partial charge on any atom is 0.0240 e. The fourth-order valence-corrected chi connectivity index (χ4v) is 4.70. The van der Waals surface area contributed by atoms with E-state index < -0.39 is 0 Å². The van der Waals surface area contributed by atoms with Crippen LogP contribution in [0.25, 0.3) is 5.57 Å². The Hall–Kier alpha value is -1.12. The van der Waals surface area contributed by atoms with Crippen LogP contribution in [0.1, 0.15) is 37.8 Å². The average molecular weight is 296 g/mol. The minimum absolute atomic E-state index is 0.506. The third-order valence-electron chi connectivity index (χ3n) is 6.40. The van der Waals surface area contributed by atoms with Gasteiger partial charge in [-0.1, -0.05) is 44.2 Å². The topological polar surface area (TPSA) is 15.3 Å². The second-order valence-corrected chi connectivity index (χ2v) is 7.89. The van der Waals surface area contributed by atoms with Gasteiger partial charge < -0.3 is 5.32 Å². The second kappa shape index (κ2) is 5.50. The summed E-state index contributed by atoms with van der Waals surface area (Å²) in [7, 11) is 0. The van der Waals surface area contributed by atoms with E-state index in [-0.39, 0.29) is 0 Å². The number of fused-ring (bicyclic) bond motifs is 1. The number of allylic oxidation sites excluding steroid dienone is 2. The normalized spacial score (nSPS) is 30.5. The van der Waals surface area contributed by atoms with E-state index in [9.17, 15) is 0 Å². The van der Waals surface area contributed by atoms with Crippen molar-refractivity contribution in [3.63, 3.8) is 0 Å². The molecule has 2 bridgehead atoms. The number of piperazine rings is 1. The molecule has 2 fully saturated rings. The molecule has 1 saturated heterocycles. The Bertz CT molecular complexity index is 581. The SMILES string of the molecule is CC1(C)[C@H]2CC=C(c3ccccc3CN3CCNCC3)[C@@H]1C2. The Labute approximate surface area is 134 Å². The van der Waals surface area contributed by atoms with Crippen LogP contribution in [0.2, 0.25) is 0 Å². The van der Waals surface area contributed by atoms with Gasteiger partial charge in [0.1, 0.15) is 0 Å². The summed E-state index contributed by atoms with van der Waals surface area (Å²) < 4.78 is 0. The molecule has 3 aliphatic carbocycles. The smallest absolute Gasteiger partial charge is 0.0240 e. The van der Waals surface area contributed by atoms with E-state index in [0.717, 1.165) is 31.5 Å². The summed E-state index contributed by atoms with van der Waals surface area (Å²) in [5, 5.41) is 3.45. The summed E-state index contributed by atoms with van der Waals surface area (Å²) in [6.45, 7) is 10.6. The average Bonchev–Trinajstić information content (AvgIpc) is 2.56. The van der Waals surface area contributed by atoms with Crippen LogP contribution in [0.4, 0.5) is 0 Å². The Morgan fingerprint density at radius 1 is 1.18 bits per heavy atom. The Morgan fingerprint density at radius 2 is 1.95 bits per heavy atom. The van der Waals surface area contributed by atoms with E-state index in [4.69, 9.17) is 0 Å². The van der Waals surface area contributed by atoms with Crippen molar-refractivity contribution in [1.82, 2.24) is 10.2 Å². The van der Waals surface area contributed by atoms with Crippen LogP contribution in [-0.4, -0.2) is 31.1 Å². The molecule has 0 radical (unpaired) electrons.